The van der Waals surface area contributed by atoms with E-state index in [9.17, 15) is 0 Å². The number of anilines is 1. The van der Waals surface area contributed by atoms with Crippen LogP contribution >= 0.6 is 11.8 Å². The lowest BCUT2D eigenvalue weighted by Gasteiger charge is -2.17. The van der Waals surface area contributed by atoms with Crippen LogP contribution in [0.15, 0.2) is 41.6 Å². The Morgan fingerprint density at radius 2 is 2.00 bits per heavy atom. The first-order valence-corrected chi connectivity index (χ1v) is 9.46. The molecule has 0 radical (unpaired) electrons. The summed E-state index contributed by atoms with van der Waals surface area (Å²) in [6, 6.07) is 10.5. The molecular formula is C19H21N5S. The predicted molar refractivity (Wildman–Crippen MR) is 104 cm³/mol. The molecule has 5 nitrogen and oxygen atoms in total. The fraction of sp³-hybridized carbons (Fsp3) is 0.263. The van der Waals surface area contributed by atoms with Crippen LogP contribution in [0, 0.1) is 0 Å². The average molecular weight is 351 g/mol. The summed E-state index contributed by atoms with van der Waals surface area (Å²) in [5, 5.41) is 10.2. The molecule has 4 rings (SSSR count). The Hall–Kier alpha value is -2.47. The minimum absolute atomic E-state index is 0.667. The topological polar surface area (TPSA) is 61.7 Å². The van der Waals surface area contributed by atoms with E-state index in [2.05, 4.69) is 42.4 Å². The summed E-state index contributed by atoms with van der Waals surface area (Å²) in [5.74, 6) is 2.37. The van der Waals surface area contributed by atoms with Crippen molar-refractivity contribution in [2.45, 2.75) is 24.8 Å². The maximum atomic E-state index is 6.52. The Morgan fingerprint density at radius 3 is 2.76 bits per heavy atom. The second-order valence-electron chi connectivity index (χ2n) is 6.13. The van der Waals surface area contributed by atoms with E-state index >= 15 is 0 Å². The van der Waals surface area contributed by atoms with Crippen LogP contribution in [0.5, 0.6) is 0 Å². The number of nitrogens with two attached hydrogens (primary N) is 1. The Kier molecular flexibility index (Phi) is 4.13. The molecule has 0 amide bonds. The van der Waals surface area contributed by atoms with Crippen molar-refractivity contribution >= 4 is 29.2 Å². The second kappa shape index (κ2) is 6.44. The number of allylic oxidation sites excluding steroid dienone is 1. The van der Waals surface area contributed by atoms with E-state index in [4.69, 9.17) is 10.8 Å². The van der Waals surface area contributed by atoms with E-state index in [-0.39, 0.29) is 0 Å². The maximum Gasteiger partial charge on any atom is 0.177 e. The average Bonchev–Trinajstić information content (AvgIpc) is 3.18. The highest BCUT2D eigenvalue weighted by Crippen LogP contribution is 2.39. The van der Waals surface area contributed by atoms with Gasteiger partial charge in [0.2, 0.25) is 0 Å². The van der Waals surface area contributed by atoms with E-state index in [0.29, 0.717) is 5.82 Å². The number of benzene rings is 1. The SMILES string of the molecule is CCSc1nn(-c2ccn(C)n2)c(N)c1C1=Cc2ccccc2CC1. The number of hydrogen-bond acceptors (Lipinski definition) is 4. The van der Waals surface area contributed by atoms with Crippen molar-refractivity contribution in [1.29, 1.82) is 0 Å². The third kappa shape index (κ3) is 2.87. The van der Waals surface area contributed by atoms with Crippen LogP contribution in [0.25, 0.3) is 17.5 Å². The van der Waals surface area contributed by atoms with Crippen LogP contribution in [-0.4, -0.2) is 25.3 Å². The first kappa shape index (κ1) is 16.0. The van der Waals surface area contributed by atoms with Crippen LogP contribution in [0.1, 0.15) is 30.0 Å². The summed E-state index contributed by atoms with van der Waals surface area (Å²) >= 11 is 1.73. The molecule has 2 aromatic heterocycles. The van der Waals surface area contributed by atoms with Crippen molar-refractivity contribution in [3.8, 4) is 5.82 Å². The largest absolute Gasteiger partial charge is 0.383 e. The summed E-state index contributed by atoms with van der Waals surface area (Å²) in [5.41, 5.74) is 11.5. The molecule has 128 valence electrons. The van der Waals surface area contributed by atoms with Crippen molar-refractivity contribution in [1.82, 2.24) is 19.6 Å². The van der Waals surface area contributed by atoms with Crippen molar-refractivity contribution < 1.29 is 0 Å². The quantitative estimate of drug-likeness (QED) is 0.727. The second-order valence-corrected chi connectivity index (χ2v) is 7.38. The lowest BCUT2D eigenvalue weighted by Crippen LogP contribution is -2.05. The molecule has 0 fully saturated rings. The molecule has 6 heteroatoms. The Morgan fingerprint density at radius 1 is 1.16 bits per heavy atom. The van der Waals surface area contributed by atoms with Crippen molar-refractivity contribution in [2.24, 2.45) is 7.05 Å². The highest BCUT2D eigenvalue weighted by atomic mass is 32.2. The number of aromatic nitrogens is 4. The number of aryl methyl sites for hydroxylation is 2. The van der Waals surface area contributed by atoms with Gasteiger partial charge in [0, 0.05) is 19.3 Å². The first-order valence-electron chi connectivity index (χ1n) is 8.47. The molecule has 1 aliphatic carbocycles. The number of nitrogen functional groups attached to an aromatic ring is 1. The molecule has 1 aromatic carbocycles. The summed E-state index contributed by atoms with van der Waals surface area (Å²) in [6.45, 7) is 2.13. The molecule has 0 aliphatic heterocycles. The molecule has 0 bridgehead atoms. The molecule has 2 heterocycles. The van der Waals surface area contributed by atoms with E-state index in [0.717, 1.165) is 35.0 Å². The molecule has 1 aliphatic rings. The lowest BCUT2D eigenvalue weighted by molar-refractivity contribution is 0.727. The molecule has 0 saturated carbocycles. The third-order valence-corrected chi connectivity index (χ3v) is 5.30. The number of rotatable bonds is 4. The van der Waals surface area contributed by atoms with E-state index in [1.165, 1.54) is 16.7 Å². The van der Waals surface area contributed by atoms with Gasteiger partial charge < -0.3 is 5.73 Å². The van der Waals surface area contributed by atoms with E-state index in [1.807, 2.05) is 19.3 Å². The summed E-state index contributed by atoms with van der Waals surface area (Å²) < 4.78 is 3.52. The number of hydrogen-bond donors (Lipinski definition) is 1. The Labute approximate surface area is 151 Å². The van der Waals surface area contributed by atoms with Gasteiger partial charge in [0.15, 0.2) is 5.82 Å². The molecule has 3 aromatic rings. The molecule has 2 N–H and O–H groups in total. The lowest BCUT2D eigenvalue weighted by atomic mass is 9.89. The highest BCUT2D eigenvalue weighted by Gasteiger charge is 2.23. The van der Waals surface area contributed by atoms with Gasteiger partial charge in [-0.15, -0.1) is 11.8 Å². The molecule has 25 heavy (non-hydrogen) atoms. The smallest absolute Gasteiger partial charge is 0.177 e. The fourth-order valence-corrected chi connectivity index (χ4v) is 4.06. The van der Waals surface area contributed by atoms with Gasteiger partial charge in [-0.1, -0.05) is 37.3 Å². The minimum Gasteiger partial charge on any atom is -0.383 e. The molecule has 0 spiro atoms. The summed E-state index contributed by atoms with van der Waals surface area (Å²) in [7, 11) is 1.90. The molecule has 0 unspecified atom stereocenters. The van der Waals surface area contributed by atoms with Gasteiger partial charge in [-0.3, -0.25) is 4.68 Å². The summed E-state index contributed by atoms with van der Waals surface area (Å²) in [6.07, 6.45) is 6.17. The van der Waals surface area contributed by atoms with Crippen LogP contribution in [-0.2, 0) is 13.5 Å². The maximum absolute atomic E-state index is 6.52. The van der Waals surface area contributed by atoms with Crippen molar-refractivity contribution in [2.75, 3.05) is 11.5 Å². The van der Waals surface area contributed by atoms with Crippen LogP contribution in [0.4, 0.5) is 5.82 Å². The van der Waals surface area contributed by atoms with Gasteiger partial charge in [0.1, 0.15) is 10.8 Å². The summed E-state index contributed by atoms with van der Waals surface area (Å²) in [4.78, 5) is 0. The number of fused-ring (bicyclic) bond motifs is 1. The fourth-order valence-electron chi connectivity index (χ4n) is 3.27. The van der Waals surface area contributed by atoms with Crippen molar-refractivity contribution in [3.05, 3.63) is 53.2 Å². The van der Waals surface area contributed by atoms with Crippen LogP contribution in [0.2, 0.25) is 0 Å². The zero-order chi connectivity index (χ0) is 17.4. The Bertz CT molecular complexity index is 951. The van der Waals surface area contributed by atoms with Crippen LogP contribution in [0.3, 0.4) is 0 Å². The molecule has 0 saturated heterocycles. The zero-order valence-corrected chi connectivity index (χ0v) is 15.3. The third-order valence-electron chi connectivity index (χ3n) is 4.46. The standard InChI is InChI=1S/C19H21N5S/c1-3-25-19-17(15-9-8-13-6-4-5-7-14(13)12-15)18(20)24(22-19)16-10-11-23(2)21-16/h4-7,10-12H,3,8-9,20H2,1-2H3. The number of nitrogens with zero attached hydrogens (tertiary/aromatic N) is 4. The molecular weight excluding hydrogens is 330 g/mol. The van der Waals surface area contributed by atoms with E-state index < -0.39 is 0 Å². The normalized spacial score (nSPS) is 13.6. The highest BCUT2D eigenvalue weighted by molar-refractivity contribution is 7.99. The van der Waals surface area contributed by atoms with Gasteiger partial charge in [0.05, 0.1) is 5.56 Å². The first-order chi connectivity index (χ1) is 12.2. The predicted octanol–water partition coefficient (Wildman–Crippen LogP) is 3.79. The monoisotopic (exact) mass is 351 g/mol. The van der Waals surface area contributed by atoms with Gasteiger partial charge in [-0.05, 0) is 35.3 Å². The van der Waals surface area contributed by atoms with Gasteiger partial charge in [-0.2, -0.15) is 14.9 Å². The number of thioether (sulfide) groups is 1. The van der Waals surface area contributed by atoms with Gasteiger partial charge in [-0.25, -0.2) is 0 Å². The van der Waals surface area contributed by atoms with Gasteiger partial charge >= 0.3 is 0 Å². The van der Waals surface area contributed by atoms with E-state index in [1.54, 1.807) is 21.1 Å². The zero-order valence-electron chi connectivity index (χ0n) is 14.4. The van der Waals surface area contributed by atoms with Crippen LogP contribution < -0.4 is 5.73 Å². The minimum atomic E-state index is 0.667. The molecule has 0 atom stereocenters. The Balaban J connectivity index is 1.84. The van der Waals surface area contributed by atoms with Gasteiger partial charge in [0.25, 0.3) is 0 Å². The van der Waals surface area contributed by atoms with Crippen molar-refractivity contribution in [3.63, 3.8) is 0 Å².